The van der Waals surface area contributed by atoms with Crippen LogP contribution in [0.2, 0.25) is 0 Å². The highest BCUT2D eigenvalue weighted by atomic mass is 32.2. The van der Waals surface area contributed by atoms with Gasteiger partial charge in [0.05, 0.1) is 11.6 Å². The fraction of sp³-hybridized carbons (Fsp3) is 0.500. The van der Waals surface area contributed by atoms with Crippen molar-refractivity contribution >= 4 is 11.8 Å². The molecule has 2 rings (SSSR count). The van der Waals surface area contributed by atoms with Gasteiger partial charge in [0.1, 0.15) is 5.82 Å². The largest absolute Gasteiger partial charge is 0.207 e. The lowest BCUT2D eigenvalue weighted by Crippen LogP contribution is -2.08. The molecule has 0 spiro atoms. The Labute approximate surface area is 106 Å². The minimum Gasteiger partial charge on any atom is -0.207 e. The van der Waals surface area contributed by atoms with E-state index in [1.807, 2.05) is 17.8 Å². The third kappa shape index (κ3) is 3.47. The van der Waals surface area contributed by atoms with Crippen LogP contribution in [0, 0.1) is 17.1 Å². The van der Waals surface area contributed by atoms with E-state index in [2.05, 4.69) is 0 Å². The van der Waals surface area contributed by atoms with E-state index in [9.17, 15) is 4.39 Å². The van der Waals surface area contributed by atoms with Crippen molar-refractivity contribution in [2.24, 2.45) is 0 Å². The van der Waals surface area contributed by atoms with Crippen LogP contribution in [0.25, 0.3) is 0 Å². The van der Waals surface area contributed by atoms with Crippen molar-refractivity contribution in [3.63, 3.8) is 0 Å². The molecular formula is C14H16FNS. The maximum atomic E-state index is 13.6. The summed E-state index contributed by atoms with van der Waals surface area (Å²) in [5, 5.41) is 9.36. The van der Waals surface area contributed by atoms with E-state index < -0.39 is 0 Å². The van der Waals surface area contributed by atoms with Crippen LogP contribution in [0.5, 0.6) is 0 Å². The molecule has 1 aromatic rings. The SMILES string of the molecule is N#Cc1ccc(CSC2CCCCC2)c(F)c1. The molecule has 1 saturated carbocycles. The van der Waals surface area contributed by atoms with Gasteiger partial charge in [-0.3, -0.25) is 0 Å². The third-order valence-corrected chi connectivity index (χ3v) is 4.63. The van der Waals surface area contributed by atoms with Crippen molar-refractivity contribution in [3.8, 4) is 6.07 Å². The van der Waals surface area contributed by atoms with Crippen molar-refractivity contribution in [1.82, 2.24) is 0 Å². The van der Waals surface area contributed by atoms with Gasteiger partial charge in [-0.2, -0.15) is 17.0 Å². The average Bonchev–Trinajstić information content (AvgIpc) is 2.38. The minimum atomic E-state index is -0.243. The van der Waals surface area contributed by atoms with E-state index in [4.69, 9.17) is 5.26 Å². The zero-order valence-corrected chi connectivity index (χ0v) is 10.6. The molecule has 17 heavy (non-hydrogen) atoms. The van der Waals surface area contributed by atoms with E-state index in [0.717, 1.165) is 11.3 Å². The Morgan fingerprint density at radius 2 is 2.06 bits per heavy atom. The lowest BCUT2D eigenvalue weighted by Gasteiger charge is -2.20. The Morgan fingerprint density at radius 1 is 1.29 bits per heavy atom. The predicted molar refractivity (Wildman–Crippen MR) is 69.3 cm³/mol. The number of hydrogen-bond donors (Lipinski definition) is 0. The average molecular weight is 249 g/mol. The Bertz CT molecular complexity index is 419. The van der Waals surface area contributed by atoms with E-state index in [1.54, 1.807) is 12.1 Å². The molecule has 0 N–H and O–H groups in total. The molecule has 0 aliphatic heterocycles. The summed E-state index contributed by atoms with van der Waals surface area (Å²) >= 11 is 1.86. The van der Waals surface area contributed by atoms with Crippen LogP contribution in [0.3, 0.4) is 0 Å². The van der Waals surface area contributed by atoms with Crippen LogP contribution >= 0.6 is 11.8 Å². The van der Waals surface area contributed by atoms with Crippen molar-refractivity contribution < 1.29 is 4.39 Å². The molecule has 0 saturated heterocycles. The molecule has 1 aromatic carbocycles. The van der Waals surface area contributed by atoms with Crippen molar-refractivity contribution in [3.05, 3.63) is 35.1 Å². The van der Waals surface area contributed by atoms with E-state index in [0.29, 0.717) is 10.8 Å². The molecule has 0 radical (unpaired) electrons. The van der Waals surface area contributed by atoms with Crippen molar-refractivity contribution in [2.75, 3.05) is 0 Å². The number of hydrogen-bond acceptors (Lipinski definition) is 2. The Balaban J connectivity index is 1.92. The molecule has 1 aliphatic carbocycles. The molecule has 0 aromatic heterocycles. The molecule has 0 heterocycles. The zero-order chi connectivity index (χ0) is 12.1. The summed E-state index contributed by atoms with van der Waals surface area (Å²) < 4.78 is 13.6. The van der Waals surface area contributed by atoms with Gasteiger partial charge in [-0.25, -0.2) is 4.39 Å². The Hall–Kier alpha value is -1.01. The molecule has 1 fully saturated rings. The highest BCUT2D eigenvalue weighted by molar-refractivity contribution is 7.99. The molecule has 1 nitrogen and oxygen atoms in total. The summed E-state index contributed by atoms with van der Waals surface area (Å²) in [5.74, 6) is 0.481. The van der Waals surface area contributed by atoms with Crippen LogP contribution in [0.15, 0.2) is 18.2 Å². The molecule has 0 bridgehead atoms. The highest BCUT2D eigenvalue weighted by Gasteiger charge is 2.14. The molecule has 90 valence electrons. The number of nitrogens with zero attached hydrogens (tertiary/aromatic N) is 1. The topological polar surface area (TPSA) is 23.8 Å². The number of thioether (sulfide) groups is 1. The van der Waals surface area contributed by atoms with E-state index in [1.165, 1.54) is 38.2 Å². The first-order valence-corrected chi connectivity index (χ1v) is 7.14. The summed E-state index contributed by atoms with van der Waals surface area (Å²) in [6.07, 6.45) is 6.51. The third-order valence-electron chi connectivity index (χ3n) is 3.21. The smallest absolute Gasteiger partial charge is 0.128 e. The quantitative estimate of drug-likeness (QED) is 0.799. The first-order chi connectivity index (χ1) is 8.29. The Kier molecular flexibility index (Phi) is 4.44. The van der Waals surface area contributed by atoms with Crippen LogP contribution < -0.4 is 0 Å². The lowest BCUT2D eigenvalue weighted by molar-refractivity contribution is 0.516. The molecule has 0 atom stereocenters. The molecular weight excluding hydrogens is 233 g/mol. The summed E-state index contributed by atoms with van der Waals surface area (Å²) in [6.45, 7) is 0. The first-order valence-electron chi connectivity index (χ1n) is 6.10. The van der Waals surface area contributed by atoms with Gasteiger partial charge in [0, 0.05) is 11.0 Å². The van der Waals surface area contributed by atoms with Crippen LogP contribution in [-0.2, 0) is 5.75 Å². The van der Waals surface area contributed by atoms with Gasteiger partial charge in [0.15, 0.2) is 0 Å². The van der Waals surface area contributed by atoms with Gasteiger partial charge >= 0.3 is 0 Å². The maximum absolute atomic E-state index is 13.6. The normalized spacial score (nSPS) is 16.7. The van der Waals surface area contributed by atoms with Gasteiger partial charge in [-0.15, -0.1) is 0 Å². The van der Waals surface area contributed by atoms with Gasteiger partial charge < -0.3 is 0 Å². The van der Waals surface area contributed by atoms with Gasteiger partial charge in [-0.05, 0) is 30.5 Å². The van der Waals surface area contributed by atoms with Crippen LogP contribution in [0.1, 0.15) is 43.2 Å². The summed E-state index contributed by atoms with van der Waals surface area (Å²) in [6, 6.07) is 6.72. The second-order valence-corrected chi connectivity index (χ2v) is 5.78. The lowest BCUT2D eigenvalue weighted by atomic mass is 10.0. The fourth-order valence-corrected chi connectivity index (χ4v) is 3.49. The second-order valence-electron chi connectivity index (χ2n) is 4.49. The highest BCUT2D eigenvalue weighted by Crippen LogP contribution is 2.31. The number of benzene rings is 1. The summed E-state index contributed by atoms with van der Waals surface area (Å²) in [4.78, 5) is 0. The maximum Gasteiger partial charge on any atom is 0.128 e. The monoisotopic (exact) mass is 249 g/mol. The predicted octanol–water partition coefficient (Wildman–Crippen LogP) is 4.26. The molecule has 0 unspecified atom stereocenters. The Morgan fingerprint density at radius 3 is 2.71 bits per heavy atom. The van der Waals surface area contributed by atoms with Crippen molar-refractivity contribution in [2.45, 2.75) is 43.1 Å². The van der Waals surface area contributed by atoms with Crippen molar-refractivity contribution in [1.29, 1.82) is 5.26 Å². The minimum absolute atomic E-state index is 0.243. The van der Waals surface area contributed by atoms with E-state index >= 15 is 0 Å². The van der Waals surface area contributed by atoms with Gasteiger partial charge in [0.2, 0.25) is 0 Å². The summed E-state index contributed by atoms with van der Waals surface area (Å²) in [5.41, 5.74) is 1.12. The molecule has 3 heteroatoms. The van der Waals surface area contributed by atoms with Crippen LogP contribution in [0.4, 0.5) is 4.39 Å². The van der Waals surface area contributed by atoms with Gasteiger partial charge in [-0.1, -0.05) is 25.3 Å². The molecule has 1 aliphatic rings. The first kappa shape index (κ1) is 12.4. The standard InChI is InChI=1S/C14H16FNS/c15-14-8-11(9-16)6-7-12(14)10-17-13-4-2-1-3-5-13/h6-8,13H,1-5,10H2. The molecule has 0 amide bonds. The summed E-state index contributed by atoms with van der Waals surface area (Å²) in [7, 11) is 0. The van der Waals surface area contributed by atoms with Crippen LogP contribution in [-0.4, -0.2) is 5.25 Å². The number of halogens is 1. The number of rotatable bonds is 3. The second kappa shape index (κ2) is 6.07. The number of nitriles is 1. The van der Waals surface area contributed by atoms with Gasteiger partial charge in [0.25, 0.3) is 0 Å². The zero-order valence-electron chi connectivity index (χ0n) is 9.79. The van der Waals surface area contributed by atoms with E-state index in [-0.39, 0.29) is 5.82 Å². The fourth-order valence-electron chi connectivity index (χ4n) is 2.17.